The number of aromatic nitrogens is 1. The molecular weight excluding hydrogens is 246 g/mol. The van der Waals surface area contributed by atoms with E-state index in [2.05, 4.69) is 4.98 Å². The number of rotatable bonds is 4. The smallest absolute Gasteiger partial charge is 0.373 e. The molecule has 1 N–H and O–H groups in total. The predicted molar refractivity (Wildman–Crippen MR) is 68.4 cm³/mol. The summed E-state index contributed by atoms with van der Waals surface area (Å²) in [7, 11) is 0. The molecule has 0 aliphatic heterocycles. The average molecular weight is 261 g/mol. The fraction of sp³-hybridized carbons (Fsp3) is 0.286. The van der Waals surface area contributed by atoms with E-state index in [1.807, 2.05) is 32.0 Å². The Morgan fingerprint density at radius 3 is 2.63 bits per heavy atom. The monoisotopic (exact) mass is 261 g/mol. The number of carbonyl (C=O) groups is 1. The largest absolute Gasteiger partial charge is 0.484 e. The summed E-state index contributed by atoms with van der Waals surface area (Å²) >= 11 is 0. The second-order valence-corrected chi connectivity index (χ2v) is 4.36. The lowest BCUT2D eigenvalue weighted by Crippen LogP contribution is -1.96. The van der Waals surface area contributed by atoms with E-state index < -0.39 is 5.97 Å². The van der Waals surface area contributed by atoms with E-state index >= 15 is 0 Å². The van der Waals surface area contributed by atoms with Crippen LogP contribution in [0.2, 0.25) is 0 Å². The van der Waals surface area contributed by atoms with E-state index in [9.17, 15) is 4.79 Å². The van der Waals surface area contributed by atoms with Crippen molar-refractivity contribution in [2.24, 2.45) is 0 Å². The minimum Gasteiger partial charge on any atom is -0.484 e. The van der Waals surface area contributed by atoms with Crippen LogP contribution in [0.25, 0.3) is 0 Å². The molecule has 0 unspecified atom stereocenters. The molecule has 0 aliphatic rings. The number of carboxylic acid groups (broad SMARTS) is 1. The lowest BCUT2D eigenvalue weighted by molar-refractivity contribution is 0.0657. The molecule has 1 aromatic carbocycles. The number of aryl methyl sites for hydroxylation is 3. The van der Waals surface area contributed by atoms with Gasteiger partial charge in [-0.05, 0) is 44.0 Å². The van der Waals surface area contributed by atoms with Crippen molar-refractivity contribution in [2.75, 3.05) is 0 Å². The fourth-order valence-electron chi connectivity index (χ4n) is 1.66. The highest BCUT2D eigenvalue weighted by molar-refractivity contribution is 5.85. The Morgan fingerprint density at radius 2 is 2.05 bits per heavy atom. The lowest BCUT2D eigenvalue weighted by atomic mass is 10.1. The van der Waals surface area contributed by atoms with Gasteiger partial charge in [0.1, 0.15) is 5.75 Å². The van der Waals surface area contributed by atoms with Gasteiger partial charge in [0.25, 0.3) is 0 Å². The third-order valence-electron chi connectivity index (χ3n) is 2.88. The number of nitrogens with zero attached hydrogens (tertiary/aromatic N) is 1. The second kappa shape index (κ2) is 5.14. The van der Waals surface area contributed by atoms with Crippen LogP contribution < -0.4 is 4.74 Å². The van der Waals surface area contributed by atoms with Gasteiger partial charge in [-0.2, -0.15) is 0 Å². The Morgan fingerprint density at radius 1 is 1.32 bits per heavy atom. The van der Waals surface area contributed by atoms with Crippen LogP contribution in [0.15, 0.2) is 22.6 Å². The Labute approximate surface area is 110 Å². The zero-order chi connectivity index (χ0) is 14.0. The number of carboxylic acids is 1. The van der Waals surface area contributed by atoms with Gasteiger partial charge in [0.15, 0.2) is 6.61 Å². The number of oxazole rings is 1. The van der Waals surface area contributed by atoms with Crippen LogP contribution in [0.5, 0.6) is 5.75 Å². The summed E-state index contributed by atoms with van der Waals surface area (Å²) in [5, 5.41) is 8.86. The van der Waals surface area contributed by atoms with Crippen molar-refractivity contribution in [1.29, 1.82) is 0 Å². The highest BCUT2D eigenvalue weighted by Crippen LogP contribution is 2.18. The molecule has 100 valence electrons. The molecule has 0 fully saturated rings. The summed E-state index contributed by atoms with van der Waals surface area (Å²) in [5.74, 6) is -0.301. The van der Waals surface area contributed by atoms with Crippen LogP contribution in [-0.2, 0) is 6.61 Å². The van der Waals surface area contributed by atoms with E-state index in [4.69, 9.17) is 14.3 Å². The first-order chi connectivity index (χ1) is 8.97. The molecule has 0 spiro atoms. The van der Waals surface area contributed by atoms with Gasteiger partial charge in [-0.15, -0.1) is 0 Å². The van der Waals surface area contributed by atoms with Crippen LogP contribution in [0.3, 0.4) is 0 Å². The molecule has 5 nitrogen and oxygen atoms in total. The van der Waals surface area contributed by atoms with Gasteiger partial charge in [0.05, 0.1) is 5.69 Å². The third-order valence-corrected chi connectivity index (χ3v) is 2.88. The second-order valence-electron chi connectivity index (χ2n) is 4.36. The first kappa shape index (κ1) is 13.1. The Kier molecular flexibility index (Phi) is 3.55. The Bertz CT molecular complexity index is 616. The molecule has 0 saturated heterocycles. The molecule has 0 aliphatic carbocycles. The summed E-state index contributed by atoms with van der Waals surface area (Å²) in [6.07, 6.45) is 0. The molecule has 0 atom stereocenters. The highest BCUT2D eigenvalue weighted by Gasteiger charge is 2.16. The van der Waals surface area contributed by atoms with Crippen LogP contribution in [-0.4, -0.2) is 16.1 Å². The minimum absolute atomic E-state index is 0.108. The average Bonchev–Trinajstić information content (AvgIpc) is 2.72. The molecule has 19 heavy (non-hydrogen) atoms. The predicted octanol–water partition coefficient (Wildman–Crippen LogP) is 2.88. The topological polar surface area (TPSA) is 72.6 Å². The van der Waals surface area contributed by atoms with Gasteiger partial charge in [-0.25, -0.2) is 9.78 Å². The van der Waals surface area contributed by atoms with Crippen molar-refractivity contribution in [3.63, 3.8) is 0 Å². The Balaban J connectivity index is 2.08. The van der Waals surface area contributed by atoms with Gasteiger partial charge in [-0.1, -0.05) is 6.07 Å². The highest BCUT2D eigenvalue weighted by atomic mass is 16.5. The number of hydrogen-bond donors (Lipinski definition) is 1. The van der Waals surface area contributed by atoms with Crippen LogP contribution >= 0.6 is 0 Å². The van der Waals surface area contributed by atoms with Gasteiger partial charge in [0.2, 0.25) is 11.7 Å². The SMILES string of the molecule is Cc1ccc(OCc2nc(C)c(C(=O)O)o2)cc1C. The van der Waals surface area contributed by atoms with E-state index in [-0.39, 0.29) is 18.3 Å². The molecule has 0 saturated carbocycles. The molecule has 0 bridgehead atoms. The molecule has 0 amide bonds. The fourth-order valence-corrected chi connectivity index (χ4v) is 1.66. The molecule has 2 aromatic rings. The summed E-state index contributed by atoms with van der Waals surface area (Å²) in [4.78, 5) is 14.8. The molecule has 1 aromatic heterocycles. The number of ether oxygens (including phenoxy) is 1. The van der Waals surface area contributed by atoms with Crippen LogP contribution in [0.4, 0.5) is 0 Å². The van der Waals surface area contributed by atoms with Gasteiger partial charge in [0, 0.05) is 0 Å². The molecule has 5 heteroatoms. The van der Waals surface area contributed by atoms with Crippen molar-refractivity contribution < 1.29 is 19.1 Å². The van der Waals surface area contributed by atoms with Crippen LogP contribution in [0.1, 0.15) is 33.3 Å². The summed E-state index contributed by atoms with van der Waals surface area (Å²) in [6, 6.07) is 5.74. The normalized spacial score (nSPS) is 10.5. The van der Waals surface area contributed by atoms with Crippen molar-refractivity contribution in [1.82, 2.24) is 4.98 Å². The third kappa shape index (κ3) is 2.93. The zero-order valence-electron chi connectivity index (χ0n) is 11.1. The van der Waals surface area contributed by atoms with E-state index in [0.29, 0.717) is 11.4 Å². The van der Waals surface area contributed by atoms with Crippen molar-refractivity contribution >= 4 is 5.97 Å². The zero-order valence-corrected chi connectivity index (χ0v) is 11.1. The van der Waals surface area contributed by atoms with E-state index in [1.165, 1.54) is 5.56 Å². The molecule has 0 radical (unpaired) electrons. The van der Waals surface area contributed by atoms with Crippen molar-refractivity contribution in [3.8, 4) is 5.75 Å². The lowest BCUT2D eigenvalue weighted by Gasteiger charge is -2.06. The van der Waals surface area contributed by atoms with Gasteiger partial charge >= 0.3 is 5.97 Å². The summed E-state index contributed by atoms with van der Waals surface area (Å²) < 4.78 is 10.6. The maximum atomic E-state index is 10.8. The number of hydrogen-bond acceptors (Lipinski definition) is 4. The van der Waals surface area contributed by atoms with Crippen molar-refractivity contribution in [3.05, 3.63) is 46.7 Å². The molecule has 2 rings (SSSR count). The van der Waals surface area contributed by atoms with E-state index in [0.717, 1.165) is 5.56 Å². The molecular formula is C14H15NO4. The first-order valence-electron chi connectivity index (χ1n) is 5.87. The molecule has 1 heterocycles. The maximum absolute atomic E-state index is 10.8. The quantitative estimate of drug-likeness (QED) is 0.916. The maximum Gasteiger partial charge on any atom is 0.373 e. The number of aromatic carboxylic acids is 1. The van der Waals surface area contributed by atoms with E-state index in [1.54, 1.807) is 6.92 Å². The first-order valence-corrected chi connectivity index (χ1v) is 5.87. The standard InChI is InChI=1S/C14H15NO4/c1-8-4-5-11(6-9(8)2)18-7-12-15-10(3)13(19-12)14(16)17/h4-6H,7H2,1-3H3,(H,16,17). The summed E-state index contributed by atoms with van der Waals surface area (Å²) in [5.41, 5.74) is 2.67. The Hall–Kier alpha value is -2.30. The minimum atomic E-state index is -1.12. The summed E-state index contributed by atoms with van der Waals surface area (Å²) in [6.45, 7) is 5.72. The van der Waals surface area contributed by atoms with Gasteiger partial charge < -0.3 is 14.3 Å². The van der Waals surface area contributed by atoms with Gasteiger partial charge in [-0.3, -0.25) is 0 Å². The number of benzene rings is 1. The van der Waals surface area contributed by atoms with Crippen molar-refractivity contribution in [2.45, 2.75) is 27.4 Å². The van der Waals surface area contributed by atoms with Crippen LogP contribution in [0, 0.1) is 20.8 Å².